The Labute approximate surface area is 211 Å². The first kappa shape index (κ1) is 26.8. The Morgan fingerprint density at radius 3 is 2.71 bits per heavy atom. The number of nitriles is 1. The van der Waals surface area contributed by atoms with Crippen LogP contribution in [0.4, 0.5) is 0 Å². The van der Waals surface area contributed by atoms with E-state index in [9.17, 15) is 9.59 Å². The van der Waals surface area contributed by atoms with E-state index in [1.165, 1.54) is 0 Å². The van der Waals surface area contributed by atoms with Crippen molar-refractivity contribution in [2.24, 2.45) is 0 Å². The molecule has 3 heterocycles. The molecule has 9 heteroatoms. The number of piperidine rings is 1. The Morgan fingerprint density at radius 1 is 1.37 bits per heavy atom. The van der Waals surface area contributed by atoms with Gasteiger partial charge in [0.25, 0.3) is 5.91 Å². The number of nitrogens with zero attached hydrogens (tertiary/aromatic N) is 4. The normalized spacial score (nSPS) is 15.4. The van der Waals surface area contributed by atoms with Gasteiger partial charge in [-0.2, -0.15) is 16.6 Å². The summed E-state index contributed by atoms with van der Waals surface area (Å²) in [6.45, 7) is 8.90. The van der Waals surface area contributed by atoms with E-state index in [1.807, 2.05) is 23.3 Å². The van der Waals surface area contributed by atoms with Crippen molar-refractivity contribution in [2.45, 2.75) is 58.7 Å². The minimum Gasteiger partial charge on any atom is -0.375 e. The van der Waals surface area contributed by atoms with Gasteiger partial charge in [-0.25, -0.2) is 4.98 Å². The van der Waals surface area contributed by atoms with Crippen molar-refractivity contribution in [3.8, 4) is 6.07 Å². The molecule has 3 rings (SSSR count). The molecular weight excluding hydrogens is 462 g/mol. The van der Waals surface area contributed by atoms with Crippen LogP contribution in [0.5, 0.6) is 0 Å². The van der Waals surface area contributed by atoms with Crippen molar-refractivity contribution >= 4 is 23.2 Å². The molecule has 0 saturated carbocycles. The molecule has 2 aromatic rings. The number of hydrogen-bond acceptors (Lipinski definition) is 7. The fourth-order valence-corrected chi connectivity index (χ4v) is 5.40. The summed E-state index contributed by atoms with van der Waals surface area (Å²) < 4.78 is 5.12. The lowest BCUT2D eigenvalue weighted by Crippen LogP contribution is -2.50. The van der Waals surface area contributed by atoms with E-state index in [2.05, 4.69) is 33.6 Å². The van der Waals surface area contributed by atoms with Crippen molar-refractivity contribution in [2.75, 3.05) is 33.4 Å². The quantitative estimate of drug-likeness (QED) is 0.541. The molecule has 0 aromatic carbocycles. The van der Waals surface area contributed by atoms with Crippen molar-refractivity contribution < 1.29 is 14.3 Å². The third-order valence-electron chi connectivity index (χ3n) is 6.67. The summed E-state index contributed by atoms with van der Waals surface area (Å²) in [7, 11) is 1.56. The summed E-state index contributed by atoms with van der Waals surface area (Å²) in [5, 5.41) is 16.2. The van der Waals surface area contributed by atoms with Crippen LogP contribution >= 0.6 is 11.3 Å². The van der Waals surface area contributed by atoms with Crippen molar-refractivity contribution in [1.82, 2.24) is 20.1 Å². The first-order valence-corrected chi connectivity index (χ1v) is 13.0. The number of likely N-dealkylation sites (tertiary alicyclic amines) is 1. The molecule has 0 unspecified atom stereocenters. The van der Waals surface area contributed by atoms with Gasteiger partial charge in [0.05, 0.1) is 11.3 Å². The number of methoxy groups -OCH3 is 1. The summed E-state index contributed by atoms with van der Waals surface area (Å²) in [5.74, 6) is -0.112. The Bertz CT molecular complexity index is 1020. The van der Waals surface area contributed by atoms with Crippen LogP contribution in [-0.4, -0.2) is 72.0 Å². The molecule has 1 atom stereocenters. The third-order valence-corrected chi connectivity index (χ3v) is 7.40. The highest BCUT2D eigenvalue weighted by atomic mass is 32.1. The van der Waals surface area contributed by atoms with Crippen LogP contribution in [0, 0.1) is 25.2 Å². The Balaban J connectivity index is 1.49. The topological polar surface area (TPSA) is 98.6 Å². The van der Waals surface area contributed by atoms with E-state index in [1.54, 1.807) is 31.4 Å². The lowest BCUT2D eigenvalue weighted by molar-refractivity contribution is -0.139. The maximum atomic E-state index is 12.7. The van der Waals surface area contributed by atoms with Gasteiger partial charge in [0, 0.05) is 45.4 Å². The molecule has 35 heavy (non-hydrogen) atoms. The number of ether oxygens (including phenoxy) is 1. The lowest BCUT2D eigenvalue weighted by Gasteiger charge is -2.40. The lowest BCUT2D eigenvalue weighted by atomic mass is 10.00. The number of hydrogen-bond donors (Lipinski definition) is 1. The average Bonchev–Trinajstić information content (AvgIpc) is 3.35. The van der Waals surface area contributed by atoms with Crippen LogP contribution in [0.25, 0.3) is 0 Å². The second kappa shape index (κ2) is 12.8. The zero-order valence-electron chi connectivity index (χ0n) is 21.0. The third kappa shape index (κ3) is 7.10. The molecule has 0 spiro atoms. The number of carbonyl (C=O) groups excluding carboxylic acids is 2. The van der Waals surface area contributed by atoms with Crippen LogP contribution in [-0.2, 0) is 16.1 Å². The van der Waals surface area contributed by atoms with Gasteiger partial charge in [0.15, 0.2) is 0 Å². The molecule has 0 aliphatic carbocycles. The monoisotopic (exact) mass is 497 g/mol. The molecular formula is C26H35N5O3S. The fourth-order valence-electron chi connectivity index (χ4n) is 4.74. The molecule has 1 aliphatic heterocycles. The molecule has 2 aromatic heterocycles. The number of nitrogens with one attached hydrogen (secondary N) is 1. The highest BCUT2D eigenvalue weighted by molar-refractivity contribution is 7.07. The molecule has 1 fully saturated rings. The first-order valence-electron chi connectivity index (χ1n) is 12.0. The van der Waals surface area contributed by atoms with E-state index in [0.29, 0.717) is 36.1 Å². The van der Waals surface area contributed by atoms with Crippen molar-refractivity contribution in [1.29, 1.82) is 5.26 Å². The zero-order valence-corrected chi connectivity index (χ0v) is 21.9. The number of aromatic nitrogens is 1. The van der Waals surface area contributed by atoms with Gasteiger partial charge >= 0.3 is 0 Å². The summed E-state index contributed by atoms with van der Waals surface area (Å²) in [4.78, 5) is 34.0. The van der Waals surface area contributed by atoms with Crippen LogP contribution in [0.15, 0.2) is 22.9 Å². The summed E-state index contributed by atoms with van der Waals surface area (Å²) in [6.07, 6.45) is 2.68. The number of rotatable bonds is 10. The van der Waals surface area contributed by atoms with Gasteiger partial charge in [-0.3, -0.25) is 9.59 Å². The van der Waals surface area contributed by atoms with E-state index >= 15 is 0 Å². The van der Waals surface area contributed by atoms with Crippen molar-refractivity contribution in [3.05, 3.63) is 51.0 Å². The van der Waals surface area contributed by atoms with Gasteiger partial charge in [-0.15, -0.1) is 0 Å². The van der Waals surface area contributed by atoms with E-state index in [4.69, 9.17) is 10.00 Å². The highest BCUT2D eigenvalue weighted by Gasteiger charge is 2.29. The predicted molar refractivity (Wildman–Crippen MR) is 136 cm³/mol. The Kier molecular flexibility index (Phi) is 9.78. The molecule has 1 N–H and O–H groups in total. The highest BCUT2D eigenvalue weighted by Crippen LogP contribution is 2.22. The standard InChI is InChI=1S/C26H35N5O3S/c1-18-13-22(14-27)29-20(3)25(18)26(33)28-9-5-19(2)30-10-6-23(7-11-30)31(24(32)16-34-4)15-21-8-12-35-17-21/h8,12-13,17,19,23H,5-7,9-11,15-16H2,1-4H3,(H,28,33)/t19-/m1/s1. The Morgan fingerprint density at radius 2 is 2.11 bits per heavy atom. The maximum absolute atomic E-state index is 12.7. The summed E-state index contributed by atoms with van der Waals surface area (Å²) >= 11 is 1.65. The number of amides is 2. The number of aryl methyl sites for hydroxylation is 2. The van der Waals surface area contributed by atoms with Crippen LogP contribution in [0.1, 0.15) is 59.1 Å². The SMILES string of the molecule is COCC(=O)N(Cc1ccsc1)C1CCN([C@H](C)CCNC(=O)c2c(C)cc(C#N)nc2C)CC1. The molecule has 1 saturated heterocycles. The minimum absolute atomic E-state index is 0.0378. The Hall–Kier alpha value is -2.80. The number of carbonyl (C=O) groups is 2. The molecule has 8 nitrogen and oxygen atoms in total. The van der Waals surface area contributed by atoms with Gasteiger partial charge < -0.3 is 19.9 Å². The number of pyridine rings is 1. The van der Waals surface area contributed by atoms with Gasteiger partial charge in [0.2, 0.25) is 5.91 Å². The van der Waals surface area contributed by atoms with E-state index in [0.717, 1.165) is 43.5 Å². The maximum Gasteiger partial charge on any atom is 0.253 e. The van der Waals surface area contributed by atoms with Gasteiger partial charge in [0.1, 0.15) is 18.4 Å². The largest absolute Gasteiger partial charge is 0.375 e. The average molecular weight is 498 g/mol. The van der Waals surface area contributed by atoms with Crippen molar-refractivity contribution in [3.63, 3.8) is 0 Å². The smallest absolute Gasteiger partial charge is 0.253 e. The second-order valence-electron chi connectivity index (χ2n) is 9.14. The van der Waals surface area contributed by atoms with Crippen LogP contribution in [0.2, 0.25) is 0 Å². The fraction of sp³-hybridized carbons (Fsp3) is 0.538. The predicted octanol–water partition coefficient (Wildman–Crippen LogP) is 3.28. The van der Waals surface area contributed by atoms with Crippen LogP contribution in [0.3, 0.4) is 0 Å². The molecule has 1 aliphatic rings. The van der Waals surface area contributed by atoms with Gasteiger partial charge in [-0.1, -0.05) is 0 Å². The first-order chi connectivity index (χ1) is 16.8. The van der Waals surface area contributed by atoms with E-state index in [-0.39, 0.29) is 24.5 Å². The van der Waals surface area contributed by atoms with Gasteiger partial charge in [-0.05, 0) is 74.1 Å². The molecule has 0 radical (unpaired) electrons. The zero-order chi connectivity index (χ0) is 25.4. The van der Waals surface area contributed by atoms with Crippen LogP contribution < -0.4 is 5.32 Å². The second-order valence-corrected chi connectivity index (χ2v) is 9.92. The van der Waals surface area contributed by atoms with E-state index < -0.39 is 0 Å². The number of thiophene rings is 1. The minimum atomic E-state index is -0.149. The molecule has 0 bridgehead atoms. The summed E-state index contributed by atoms with van der Waals surface area (Å²) in [6, 6.07) is 6.26. The summed E-state index contributed by atoms with van der Waals surface area (Å²) in [5.41, 5.74) is 3.37. The molecule has 188 valence electrons. The molecule has 2 amide bonds.